The van der Waals surface area contributed by atoms with Gasteiger partial charge in [0, 0.05) is 12.6 Å². The number of hydrogen-bond donors (Lipinski definition) is 1. The third kappa shape index (κ3) is 7.38. The first-order chi connectivity index (χ1) is 20.1. The van der Waals surface area contributed by atoms with Crippen molar-refractivity contribution >= 4 is 50.7 Å². The summed E-state index contributed by atoms with van der Waals surface area (Å²) in [6.45, 7) is 1.32. The summed E-state index contributed by atoms with van der Waals surface area (Å²) >= 11 is 12.8. The summed E-state index contributed by atoms with van der Waals surface area (Å²) < 4.78 is 34.1. The highest BCUT2D eigenvalue weighted by molar-refractivity contribution is 7.92. The predicted octanol–water partition coefficient (Wildman–Crippen LogP) is 6.06. The van der Waals surface area contributed by atoms with Gasteiger partial charge in [-0.2, -0.15) is 0 Å². The summed E-state index contributed by atoms with van der Waals surface area (Å²) in [6.07, 6.45) is 4.21. The van der Waals surface area contributed by atoms with E-state index < -0.39 is 28.5 Å². The zero-order valence-electron chi connectivity index (χ0n) is 23.6. The fraction of sp³-hybridized carbons (Fsp3) is 0.355. The molecule has 8 nitrogen and oxygen atoms in total. The normalized spacial score (nSPS) is 14.3. The van der Waals surface area contributed by atoms with Crippen molar-refractivity contribution in [2.24, 2.45) is 0 Å². The van der Waals surface area contributed by atoms with E-state index in [4.69, 9.17) is 27.9 Å². The number of ether oxygens (including phenoxy) is 1. The Kier molecular flexibility index (Phi) is 10.8. The molecule has 3 aromatic carbocycles. The number of sulfonamides is 1. The Hall–Kier alpha value is -3.27. The maximum atomic E-state index is 14.2. The van der Waals surface area contributed by atoms with Crippen molar-refractivity contribution in [2.75, 3.05) is 18.0 Å². The van der Waals surface area contributed by atoms with Gasteiger partial charge < -0.3 is 15.0 Å². The molecule has 1 atom stereocenters. The first kappa shape index (κ1) is 31.7. The van der Waals surface area contributed by atoms with E-state index in [-0.39, 0.29) is 39.1 Å². The summed E-state index contributed by atoms with van der Waals surface area (Å²) in [5.41, 5.74) is 0.823. The number of carbonyl (C=O) groups excluding carboxylic acids is 2. The van der Waals surface area contributed by atoms with E-state index in [9.17, 15) is 18.0 Å². The van der Waals surface area contributed by atoms with Crippen molar-refractivity contribution < 1.29 is 22.7 Å². The Balaban J connectivity index is 1.73. The monoisotopic (exact) mass is 631 g/mol. The lowest BCUT2D eigenvalue weighted by Gasteiger charge is -2.34. The number of nitrogens with one attached hydrogen (secondary N) is 1. The van der Waals surface area contributed by atoms with Gasteiger partial charge in [0.25, 0.3) is 10.0 Å². The minimum absolute atomic E-state index is 0.000745. The van der Waals surface area contributed by atoms with Crippen LogP contribution in [0.15, 0.2) is 77.7 Å². The molecule has 0 heterocycles. The molecule has 0 saturated heterocycles. The van der Waals surface area contributed by atoms with E-state index in [2.05, 4.69) is 5.32 Å². The van der Waals surface area contributed by atoms with Crippen LogP contribution in [0.2, 0.25) is 10.0 Å². The molecule has 0 aliphatic heterocycles. The van der Waals surface area contributed by atoms with E-state index in [1.54, 1.807) is 49.6 Å². The SMILES string of the molecule is CC[C@@H](C(=O)NC1CCCC1)N(Cc1ccc(OC)cc1)C(=O)CN(c1cccc(Cl)c1Cl)S(=O)(=O)c1ccccc1. The first-order valence-electron chi connectivity index (χ1n) is 13.9. The molecule has 42 heavy (non-hydrogen) atoms. The van der Waals surface area contributed by atoms with Crippen molar-refractivity contribution in [1.82, 2.24) is 10.2 Å². The maximum Gasteiger partial charge on any atom is 0.264 e. The Morgan fingerprint density at radius 1 is 0.976 bits per heavy atom. The van der Waals surface area contributed by atoms with Crippen LogP contribution < -0.4 is 14.4 Å². The van der Waals surface area contributed by atoms with Crippen molar-refractivity contribution in [3.05, 3.63) is 88.4 Å². The molecule has 2 amide bonds. The number of amides is 2. The number of benzene rings is 3. The molecule has 11 heteroatoms. The van der Waals surface area contributed by atoms with Crippen molar-refractivity contribution in [1.29, 1.82) is 0 Å². The zero-order chi connectivity index (χ0) is 30.3. The maximum absolute atomic E-state index is 14.2. The third-order valence-electron chi connectivity index (χ3n) is 7.41. The summed E-state index contributed by atoms with van der Waals surface area (Å²) in [5, 5.41) is 3.25. The molecule has 3 aromatic rings. The minimum Gasteiger partial charge on any atom is -0.497 e. The van der Waals surface area contributed by atoms with E-state index in [0.29, 0.717) is 12.2 Å². The van der Waals surface area contributed by atoms with Gasteiger partial charge in [0.2, 0.25) is 11.8 Å². The molecule has 0 unspecified atom stereocenters. The van der Waals surface area contributed by atoms with E-state index in [0.717, 1.165) is 35.6 Å². The lowest BCUT2D eigenvalue weighted by Crippen LogP contribution is -2.53. The molecule has 1 aliphatic carbocycles. The first-order valence-corrected chi connectivity index (χ1v) is 16.1. The van der Waals surface area contributed by atoms with Crippen LogP contribution in [0.1, 0.15) is 44.6 Å². The molecule has 1 N–H and O–H groups in total. The number of carbonyl (C=O) groups is 2. The summed E-state index contributed by atoms with van der Waals surface area (Å²) in [7, 11) is -2.69. The molecule has 0 radical (unpaired) electrons. The molecule has 0 aromatic heterocycles. The highest BCUT2D eigenvalue weighted by atomic mass is 35.5. The highest BCUT2D eigenvalue weighted by Crippen LogP contribution is 2.35. The average Bonchev–Trinajstić information content (AvgIpc) is 3.51. The quantitative estimate of drug-likeness (QED) is 0.262. The van der Waals surface area contributed by atoms with Gasteiger partial charge in [-0.15, -0.1) is 0 Å². The number of anilines is 1. The fourth-order valence-corrected chi connectivity index (χ4v) is 7.03. The fourth-order valence-electron chi connectivity index (χ4n) is 5.13. The van der Waals surface area contributed by atoms with Gasteiger partial charge in [0.15, 0.2) is 0 Å². The molecule has 224 valence electrons. The number of nitrogens with zero attached hydrogens (tertiary/aromatic N) is 2. The number of methoxy groups -OCH3 is 1. The Labute approximate surface area is 257 Å². The topological polar surface area (TPSA) is 96.0 Å². The number of rotatable bonds is 12. The molecular formula is C31H35Cl2N3O5S. The summed E-state index contributed by atoms with van der Waals surface area (Å²) in [6, 6.07) is 18.8. The Morgan fingerprint density at radius 2 is 1.64 bits per heavy atom. The lowest BCUT2D eigenvalue weighted by atomic mass is 10.1. The van der Waals surface area contributed by atoms with Crippen LogP contribution in [-0.2, 0) is 26.2 Å². The standard InChI is InChI=1S/C31H35Cl2N3O5S/c1-3-27(31(38)34-23-10-7-8-11-23)35(20-22-16-18-24(41-2)19-17-22)29(37)21-36(28-15-9-14-26(32)30(28)33)42(39,40)25-12-5-4-6-13-25/h4-6,9,12-19,23,27H,3,7-8,10-11,20-21H2,1-2H3,(H,34,38)/t27-/m0/s1. The van der Waals surface area contributed by atoms with Crippen molar-refractivity contribution in [3.8, 4) is 5.75 Å². The van der Waals surface area contributed by atoms with Gasteiger partial charge in [0.1, 0.15) is 18.3 Å². The van der Waals surface area contributed by atoms with Crippen LogP contribution in [0, 0.1) is 0 Å². The molecular weight excluding hydrogens is 597 g/mol. The van der Waals surface area contributed by atoms with Gasteiger partial charge in [-0.25, -0.2) is 8.42 Å². The second kappa shape index (κ2) is 14.3. The van der Waals surface area contributed by atoms with Crippen molar-refractivity contribution in [3.63, 3.8) is 0 Å². The number of hydrogen-bond acceptors (Lipinski definition) is 5. The average molecular weight is 633 g/mol. The minimum atomic E-state index is -4.25. The van der Waals surface area contributed by atoms with Crippen LogP contribution >= 0.6 is 23.2 Å². The molecule has 1 fully saturated rings. The van der Waals surface area contributed by atoms with Crippen LogP contribution in [0.5, 0.6) is 5.75 Å². The van der Waals surface area contributed by atoms with Crippen LogP contribution in [0.4, 0.5) is 5.69 Å². The second-order valence-electron chi connectivity index (χ2n) is 10.2. The van der Waals surface area contributed by atoms with Crippen LogP contribution in [-0.4, -0.2) is 50.9 Å². The molecule has 0 spiro atoms. The van der Waals surface area contributed by atoms with Gasteiger partial charge in [-0.05, 0) is 61.2 Å². The van der Waals surface area contributed by atoms with Gasteiger partial charge >= 0.3 is 0 Å². The largest absolute Gasteiger partial charge is 0.497 e. The van der Waals surface area contributed by atoms with Crippen LogP contribution in [0.3, 0.4) is 0 Å². The predicted molar refractivity (Wildman–Crippen MR) is 165 cm³/mol. The van der Waals surface area contributed by atoms with Gasteiger partial charge in [-0.1, -0.05) is 79.4 Å². The smallest absolute Gasteiger partial charge is 0.264 e. The molecule has 4 rings (SSSR count). The lowest BCUT2D eigenvalue weighted by molar-refractivity contribution is -0.140. The van der Waals surface area contributed by atoms with Gasteiger partial charge in [-0.3, -0.25) is 13.9 Å². The molecule has 1 saturated carbocycles. The summed E-state index contributed by atoms with van der Waals surface area (Å²) in [4.78, 5) is 29.2. The third-order valence-corrected chi connectivity index (χ3v) is 9.99. The van der Waals surface area contributed by atoms with E-state index in [1.807, 2.05) is 19.1 Å². The second-order valence-corrected chi connectivity index (χ2v) is 12.8. The Bertz CT molecular complexity index is 1480. The Morgan fingerprint density at radius 3 is 2.26 bits per heavy atom. The van der Waals surface area contributed by atoms with E-state index >= 15 is 0 Å². The molecule has 0 bridgehead atoms. The molecule has 1 aliphatic rings. The summed E-state index contributed by atoms with van der Waals surface area (Å²) in [5.74, 6) is -0.169. The van der Waals surface area contributed by atoms with E-state index in [1.165, 1.54) is 23.1 Å². The van der Waals surface area contributed by atoms with Crippen LogP contribution in [0.25, 0.3) is 0 Å². The van der Waals surface area contributed by atoms with Gasteiger partial charge in [0.05, 0.1) is 27.7 Å². The van der Waals surface area contributed by atoms with Crippen molar-refractivity contribution in [2.45, 2.75) is 62.6 Å². The zero-order valence-corrected chi connectivity index (χ0v) is 26.0. The number of halogens is 2. The highest BCUT2D eigenvalue weighted by Gasteiger charge is 2.35.